The number of furan rings is 1. The van der Waals surface area contributed by atoms with E-state index in [1.165, 1.54) is 48.6 Å². The molecule has 1 aliphatic heterocycles. The number of esters is 1. The second-order valence-corrected chi connectivity index (χ2v) is 7.72. The molecule has 2 aromatic carbocycles. The van der Waals surface area contributed by atoms with Gasteiger partial charge in [-0.25, -0.2) is 9.69 Å². The summed E-state index contributed by atoms with van der Waals surface area (Å²) in [4.78, 5) is 53.5. The highest BCUT2D eigenvalue weighted by Crippen LogP contribution is 2.28. The summed E-state index contributed by atoms with van der Waals surface area (Å²) in [6, 6.07) is 15.7. The van der Waals surface area contributed by atoms with Crippen LogP contribution in [0.1, 0.15) is 38.5 Å². The predicted octanol–water partition coefficient (Wildman–Crippen LogP) is 3.35. The first-order valence-electron chi connectivity index (χ1n) is 10.3. The monoisotopic (exact) mass is 446 g/mol. The topological polar surface area (TPSA) is 97.1 Å². The van der Waals surface area contributed by atoms with Crippen molar-refractivity contribution in [2.45, 2.75) is 25.9 Å². The molecule has 0 aliphatic carbocycles. The Morgan fingerprint density at radius 3 is 2.36 bits per heavy atom. The molecule has 1 saturated heterocycles. The number of benzene rings is 2. The van der Waals surface area contributed by atoms with E-state index in [1.54, 1.807) is 6.07 Å². The second-order valence-electron chi connectivity index (χ2n) is 7.72. The molecule has 0 radical (unpaired) electrons. The summed E-state index contributed by atoms with van der Waals surface area (Å²) in [7, 11) is 1.27. The van der Waals surface area contributed by atoms with Gasteiger partial charge in [-0.3, -0.25) is 14.4 Å². The first-order valence-corrected chi connectivity index (χ1v) is 10.3. The molecular weight excluding hydrogens is 424 g/mol. The van der Waals surface area contributed by atoms with Crippen molar-refractivity contribution in [1.82, 2.24) is 4.90 Å². The lowest BCUT2D eigenvalue weighted by molar-refractivity contribution is -0.122. The molecule has 168 valence electrons. The second kappa shape index (κ2) is 9.12. The zero-order valence-corrected chi connectivity index (χ0v) is 18.2. The zero-order chi connectivity index (χ0) is 23.5. The van der Waals surface area contributed by atoms with E-state index in [0.29, 0.717) is 11.3 Å². The average Bonchev–Trinajstić information content (AvgIpc) is 3.46. The van der Waals surface area contributed by atoms with Gasteiger partial charge in [0.05, 0.1) is 31.0 Å². The minimum absolute atomic E-state index is 0.0863. The zero-order valence-electron chi connectivity index (χ0n) is 18.2. The summed E-state index contributed by atoms with van der Waals surface area (Å²) in [5.41, 5.74) is 2.50. The van der Waals surface area contributed by atoms with Crippen molar-refractivity contribution in [2.24, 2.45) is 0 Å². The van der Waals surface area contributed by atoms with Crippen LogP contribution in [0, 0.1) is 6.92 Å². The van der Waals surface area contributed by atoms with Crippen molar-refractivity contribution in [2.75, 3.05) is 12.0 Å². The van der Waals surface area contributed by atoms with Crippen LogP contribution in [0.2, 0.25) is 0 Å². The molecule has 3 aromatic rings. The van der Waals surface area contributed by atoms with E-state index < -0.39 is 29.7 Å². The van der Waals surface area contributed by atoms with Crippen molar-refractivity contribution in [3.8, 4) is 0 Å². The summed E-state index contributed by atoms with van der Waals surface area (Å²) in [5.74, 6) is -1.86. The summed E-state index contributed by atoms with van der Waals surface area (Å²) in [6.45, 7) is 2.09. The van der Waals surface area contributed by atoms with Crippen LogP contribution in [0.25, 0.3) is 0 Å². The number of amides is 3. The molecule has 0 saturated carbocycles. The molecule has 0 bridgehead atoms. The summed E-state index contributed by atoms with van der Waals surface area (Å²) >= 11 is 0. The lowest BCUT2D eigenvalue weighted by Crippen LogP contribution is -2.45. The summed E-state index contributed by atoms with van der Waals surface area (Å²) in [5, 5.41) is 0. The number of carbonyl (C=O) groups excluding carboxylic acids is 4. The highest BCUT2D eigenvalue weighted by atomic mass is 16.5. The van der Waals surface area contributed by atoms with Crippen molar-refractivity contribution in [3.05, 3.63) is 89.4 Å². The molecule has 3 amide bonds. The first-order chi connectivity index (χ1) is 15.9. The van der Waals surface area contributed by atoms with Crippen LogP contribution < -0.4 is 4.90 Å². The summed E-state index contributed by atoms with van der Waals surface area (Å²) in [6.07, 6.45) is 1.23. The van der Waals surface area contributed by atoms with E-state index in [2.05, 4.69) is 4.74 Å². The maximum atomic E-state index is 13.3. The molecule has 4 rings (SSSR count). The molecule has 0 spiro atoms. The number of hydrogen-bond acceptors (Lipinski definition) is 6. The Hall–Kier alpha value is -4.20. The van der Waals surface area contributed by atoms with E-state index in [0.717, 1.165) is 16.0 Å². The quantitative estimate of drug-likeness (QED) is 0.426. The Morgan fingerprint density at radius 2 is 1.76 bits per heavy atom. The largest absolute Gasteiger partial charge is 0.465 e. The van der Waals surface area contributed by atoms with E-state index in [1.807, 2.05) is 31.2 Å². The molecular formula is C25H22N2O6. The lowest BCUT2D eigenvalue weighted by atomic mass is 10.1. The van der Waals surface area contributed by atoms with Gasteiger partial charge in [-0.2, -0.15) is 0 Å². The average molecular weight is 446 g/mol. The van der Waals surface area contributed by atoms with Crippen LogP contribution in [0.4, 0.5) is 5.69 Å². The number of ether oxygens (including phenoxy) is 1. The molecule has 0 N–H and O–H groups in total. The standard InChI is InChI=1S/C25H22N2O6/c1-16-5-7-17(8-6-16)15-26(24(30)21-4-3-13-33-21)20-14-22(28)27(23(20)29)19-11-9-18(10-12-19)25(31)32-2/h3-13,20H,14-15H2,1-2H3. The number of anilines is 1. The minimum Gasteiger partial charge on any atom is -0.465 e. The van der Waals surface area contributed by atoms with Crippen LogP contribution in [0.5, 0.6) is 0 Å². The van der Waals surface area contributed by atoms with E-state index in [-0.39, 0.29) is 18.7 Å². The number of hydrogen-bond donors (Lipinski definition) is 0. The van der Waals surface area contributed by atoms with E-state index >= 15 is 0 Å². The van der Waals surface area contributed by atoms with Crippen LogP contribution in [-0.2, 0) is 20.9 Å². The van der Waals surface area contributed by atoms with Gasteiger partial charge >= 0.3 is 5.97 Å². The number of rotatable bonds is 6. The number of imide groups is 1. The molecule has 8 nitrogen and oxygen atoms in total. The molecule has 1 aromatic heterocycles. The lowest BCUT2D eigenvalue weighted by Gasteiger charge is -2.27. The molecule has 1 fully saturated rings. The Labute approximate surface area is 190 Å². The normalized spacial score (nSPS) is 15.6. The molecule has 1 unspecified atom stereocenters. The number of aryl methyl sites for hydroxylation is 1. The maximum Gasteiger partial charge on any atom is 0.337 e. The Kier molecular flexibility index (Phi) is 6.08. The van der Waals surface area contributed by atoms with Crippen LogP contribution in [0.3, 0.4) is 0 Å². The van der Waals surface area contributed by atoms with Gasteiger partial charge in [0.25, 0.3) is 11.8 Å². The van der Waals surface area contributed by atoms with Crippen molar-refractivity contribution >= 4 is 29.4 Å². The maximum absolute atomic E-state index is 13.3. The predicted molar refractivity (Wildman–Crippen MR) is 118 cm³/mol. The van der Waals surface area contributed by atoms with Gasteiger partial charge in [-0.1, -0.05) is 29.8 Å². The molecule has 2 heterocycles. The van der Waals surface area contributed by atoms with Crippen LogP contribution >= 0.6 is 0 Å². The van der Waals surface area contributed by atoms with Gasteiger partial charge < -0.3 is 14.1 Å². The van der Waals surface area contributed by atoms with Gasteiger partial charge in [-0.15, -0.1) is 0 Å². The third kappa shape index (κ3) is 4.41. The fraction of sp³-hybridized carbons (Fsp3) is 0.200. The van der Waals surface area contributed by atoms with Gasteiger partial charge in [-0.05, 0) is 48.9 Å². The van der Waals surface area contributed by atoms with E-state index in [4.69, 9.17) is 4.42 Å². The van der Waals surface area contributed by atoms with Gasteiger partial charge in [0.1, 0.15) is 6.04 Å². The van der Waals surface area contributed by atoms with Crippen molar-refractivity contribution < 1.29 is 28.3 Å². The van der Waals surface area contributed by atoms with Gasteiger partial charge in [0.15, 0.2) is 5.76 Å². The first kappa shape index (κ1) is 22.0. The number of methoxy groups -OCH3 is 1. The fourth-order valence-electron chi connectivity index (χ4n) is 3.75. The van der Waals surface area contributed by atoms with Gasteiger partial charge in [0, 0.05) is 6.54 Å². The molecule has 1 aliphatic rings. The third-order valence-electron chi connectivity index (χ3n) is 5.51. The van der Waals surface area contributed by atoms with Crippen LogP contribution in [-0.4, -0.2) is 41.7 Å². The third-order valence-corrected chi connectivity index (χ3v) is 5.51. The van der Waals surface area contributed by atoms with E-state index in [9.17, 15) is 19.2 Å². The SMILES string of the molecule is COC(=O)c1ccc(N2C(=O)CC(N(Cc3ccc(C)cc3)C(=O)c3ccco3)C2=O)cc1. The Balaban J connectivity index is 1.63. The molecule has 1 atom stereocenters. The number of nitrogens with zero attached hydrogens (tertiary/aromatic N) is 2. The smallest absolute Gasteiger partial charge is 0.337 e. The molecule has 8 heteroatoms. The highest BCUT2D eigenvalue weighted by Gasteiger charge is 2.45. The highest BCUT2D eigenvalue weighted by molar-refractivity contribution is 6.23. The number of carbonyl (C=O) groups is 4. The van der Waals surface area contributed by atoms with Gasteiger partial charge in [0.2, 0.25) is 5.91 Å². The Bertz CT molecular complexity index is 1180. The van der Waals surface area contributed by atoms with Crippen molar-refractivity contribution in [3.63, 3.8) is 0 Å². The van der Waals surface area contributed by atoms with Crippen LogP contribution in [0.15, 0.2) is 71.3 Å². The van der Waals surface area contributed by atoms with Crippen molar-refractivity contribution in [1.29, 1.82) is 0 Å². The minimum atomic E-state index is -0.989. The Morgan fingerprint density at radius 1 is 1.06 bits per heavy atom. The summed E-state index contributed by atoms with van der Waals surface area (Å²) < 4.78 is 9.95. The fourth-order valence-corrected chi connectivity index (χ4v) is 3.75. The molecule has 33 heavy (non-hydrogen) atoms.